The average molecular weight is 342 g/mol. The molecular weight excluding hydrogens is 317 g/mol. The highest BCUT2D eigenvalue weighted by molar-refractivity contribution is 9.10. The molecule has 0 aliphatic heterocycles. The summed E-state index contributed by atoms with van der Waals surface area (Å²) >= 11 is 3.56. The van der Waals surface area contributed by atoms with E-state index in [1.54, 1.807) is 6.07 Å². The molecule has 1 aliphatic carbocycles. The maximum absolute atomic E-state index is 13.4. The van der Waals surface area contributed by atoms with Crippen molar-refractivity contribution in [1.29, 1.82) is 0 Å². The first kappa shape index (κ1) is 16.0. The van der Waals surface area contributed by atoms with Crippen LogP contribution in [-0.2, 0) is 6.42 Å². The maximum atomic E-state index is 13.4. The molecular formula is C17H25BrFN. The van der Waals surface area contributed by atoms with Crippen LogP contribution in [-0.4, -0.2) is 13.1 Å². The molecule has 0 bridgehead atoms. The molecule has 0 aromatic heterocycles. The van der Waals surface area contributed by atoms with Crippen molar-refractivity contribution < 1.29 is 4.39 Å². The van der Waals surface area contributed by atoms with E-state index in [0.717, 1.165) is 35.5 Å². The predicted octanol–water partition coefficient (Wildman–Crippen LogP) is 4.94. The summed E-state index contributed by atoms with van der Waals surface area (Å²) < 4.78 is 14.5. The van der Waals surface area contributed by atoms with Crippen LogP contribution < -0.4 is 5.32 Å². The Balaban J connectivity index is 1.98. The van der Waals surface area contributed by atoms with Crippen molar-refractivity contribution in [1.82, 2.24) is 5.32 Å². The van der Waals surface area contributed by atoms with Gasteiger partial charge in [-0.05, 0) is 74.4 Å². The molecule has 0 heterocycles. The van der Waals surface area contributed by atoms with Crippen LogP contribution in [0.1, 0.15) is 44.6 Å². The van der Waals surface area contributed by atoms with Gasteiger partial charge in [-0.3, -0.25) is 0 Å². The molecule has 1 saturated carbocycles. The van der Waals surface area contributed by atoms with Crippen LogP contribution in [0.3, 0.4) is 0 Å². The van der Waals surface area contributed by atoms with Gasteiger partial charge in [0.05, 0.1) is 0 Å². The molecule has 2 unspecified atom stereocenters. The van der Waals surface area contributed by atoms with Crippen molar-refractivity contribution >= 4 is 15.9 Å². The first-order chi connectivity index (χ1) is 9.70. The molecule has 112 valence electrons. The lowest BCUT2D eigenvalue weighted by Gasteiger charge is -2.32. The van der Waals surface area contributed by atoms with Crippen LogP contribution in [0.5, 0.6) is 0 Å². The normalized spacial score (nSPS) is 22.9. The summed E-state index contributed by atoms with van der Waals surface area (Å²) in [5, 5.41) is 3.56. The third-order valence-electron chi connectivity index (χ3n) is 4.39. The summed E-state index contributed by atoms with van der Waals surface area (Å²) in [4.78, 5) is 0. The van der Waals surface area contributed by atoms with Crippen LogP contribution in [0.15, 0.2) is 22.7 Å². The van der Waals surface area contributed by atoms with Gasteiger partial charge < -0.3 is 5.32 Å². The minimum absolute atomic E-state index is 0.125. The van der Waals surface area contributed by atoms with Gasteiger partial charge in [-0.2, -0.15) is 0 Å². The Bertz CT molecular complexity index is 421. The Kier molecular flexibility index (Phi) is 6.50. The average Bonchev–Trinajstić information content (AvgIpc) is 2.45. The van der Waals surface area contributed by atoms with Crippen molar-refractivity contribution in [3.8, 4) is 0 Å². The van der Waals surface area contributed by atoms with Crippen molar-refractivity contribution in [2.75, 3.05) is 13.1 Å². The quantitative estimate of drug-likeness (QED) is 0.723. The van der Waals surface area contributed by atoms with E-state index in [1.807, 2.05) is 6.07 Å². The van der Waals surface area contributed by atoms with Gasteiger partial charge in [0.1, 0.15) is 5.82 Å². The lowest BCUT2D eigenvalue weighted by atomic mass is 9.76. The second-order valence-corrected chi connectivity index (χ2v) is 6.80. The fourth-order valence-electron chi connectivity index (χ4n) is 3.27. The van der Waals surface area contributed by atoms with Crippen molar-refractivity contribution in [2.45, 2.75) is 45.4 Å². The van der Waals surface area contributed by atoms with Gasteiger partial charge in [0.2, 0.25) is 0 Å². The van der Waals surface area contributed by atoms with Crippen LogP contribution in [0.2, 0.25) is 0 Å². The molecule has 1 N–H and O–H groups in total. The number of rotatable bonds is 6. The molecule has 1 aromatic rings. The monoisotopic (exact) mass is 341 g/mol. The van der Waals surface area contributed by atoms with E-state index in [-0.39, 0.29) is 5.82 Å². The van der Waals surface area contributed by atoms with Gasteiger partial charge in [-0.15, -0.1) is 0 Å². The Morgan fingerprint density at radius 2 is 2.00 bits per heavy atom. The van der Waals surface area contributed by atoms with Gasteiger partial charge in [0.25, 0.3) is 0 Å². The Labute approximate surface area is 130 Å². The van der Waals surface area contributed by atoms with E-state index >= 15 is 0 Å². The molecule has 0 radical (unpaired) electrons. The molecule has 20 heavy (non-hydrogen) atoms. The minimum atomic E-state index is -0.125. The zero-order valence-corrected chi connectivity index (χ0v) is 13.9. The molecule has 1 nitrogen and oxygen atoms in total. The number of hydrogen-bond donors (Lipinski definition) is 1. The highest BCUT2D eigenvalue weighted by Gasteiger charge is 2.25. The lowest BCUT2D eigenvalue weighted by Crippen LogP contribution is -2.32. The summed E-state index contributed by atoms with van der Waals surface area (Å²) in [5.74, 6) is 1.30. The summed E-state index contributed by atoms with van der Waals surface area (Å²) in [6, 6.07) is 5.04. The fraction of sp³-hybridized carbons (Fsp3) is 0.647. The van der Waals surface area contributed by atoms with Crippen molar-refractivity contribution in [2.24, 2.45) is 11.8 Å². The largest absolute Gasteiger partial charge is 0.316 e. The first-order valence-electron chi connectivity index (χ1n) is 7.85. The molecule has 0 saturated heterocycles. The third kappa shape index (κ3) is 4.56. The molecule has 3 heteroatoms. The van der Waals surface area contributed by atoms with Crippen molar-refractivity contribution in [3.05, 3.63) is 34.1 Å². The highest BCUT2D eigenvalue weighted by Crippen LogP contribution is 2.34. The standard InChI is InChI=1S/C17H25BrFN/c1-2-9-20-12-14-6-4-3-5-13(14)10-15-11-16(19)7-8-17(15)18/h7-8,11,13-14,20H,2-6,9-10,12H2,1H3. The van der Waals surface area contributed by atoms with E-state index < -0.39 is 0 Å². The zero-order valence-electron chi connectivity index (χ0n) is 12.3. The summed E-state index contributed by atoms with van der Waals surface area (Å²) in [5.41, 5.74) is 1.12. The molecule has 0 spiro atoms. The second kappa shape index (κ2) is 8.14. The SMILES string of the molecule is CCCNCC1CCCCC1Cc1cc(F)ccc1Br. The van der Waals surface area contributed by atoms with E-state index in [9.17, 15) is 4.39 Å². The second-order valence-electron chi connectivity index (χ2n) is 5.95. The number of benzene rings is 1. The maximum Gasteiger partial charge on any atom is 0.123 e. The van der Waals surface area contributed by atoms with Crippen LogP contribution >= 0.6 is 15.9 Å². The third-order valence-corrected chi connectivity index (χ3v) is 5.16. The van der Waals surface area contributed by atoms with E-state index in [4.69, 9.17) is 0 Å². The molecule has 2 rings (SSSR count). The first-order valence-corrected chi connectivity index (χ1v) is 8.64. The smallest absolute Gasteiger partial charge is 0.123 e. The summed E-state index contributed by atoms with van der Waals surface area (Å²) in [6.07, 6.45) is 7.44. The Hall–Kier alpha value is -0.410. The number of nitrogens with one attached hydrogen (secondary N) is 1. The Morgan fingerprint density at radius 3 is 2.75 bits per heavy atom. The fourth-order valence-corrected chi connectivity index (χ4v) is 3.68. The van der Waals surface area contributed by atoms with Gasteiger partial charge in [0.15, 0.2) is 0 Å². The van der Waals surface area contributed by atoms with Gasteiger partial charge >= 0.3 is 0 Å². The van der Waals surface area contributed by atoms with Crippen molar-refractivity contribution in [3.63, 3.8) is 0 Å². The zero-order chi connectivity index (χ0) is 14.4. The highest BCUT2D eigenvalue weighted by atomic mass is 79.9. The minimum Gasteiger partial charge on any atom is -0.316 e. The molecule has 1 aliphatic rings. The molecule has 1 fully saturated rings. The lowest BCUT2D eigenvalue weighted by molar-refractivity contribution is 0.228. The number of halogens is 2. The van der Waals surface area contributed by atoms with E-state index in [2.05, 4.69) is 28.2 Å². The predicted molar refractivity (Wildman–Crippen MR) is 86.4 cm³/mol. The topological polar surface area (TPSA) is 12.0 Å². The van der Waals surface area contributed by atoms with E-state index in [1.165, 1.54) is 38.2 Å². The van der Waals surface area contributed by atoms with Crippen LogP contribution in [0, 0.1) is 17.7 Å². The van der Waals surface area contributed by atoms with E-state index in [0.29, 0.717) is 5.92 Å². The van der Waals surface area contributed by atoms with Gasteiger partial charge in [0, 0.05) is 4.47 Å². The van der Waals surface area contributed by atoms with Gasteiger partial charge in [-0.1, -0.05) is 35.7 Å². The number of hydrogen-bond acceptors (Lipinski definition) is 1. The molecule has 0 amide bonds. The molecule has 2 atom stereocenters. The summed E-state index contributed by atoms with van der Waals surface area (Å²) in [6.45, 7) is 4.42. The van der Waals surface area contributed by atoms with Gasteiger partial charge in [-0.25, -0.2) is 4.39 Å². The molecule has 1 aromatic carbocycles. The Morgan fingerprint density at radius 1 is 1.25 bits per heavy atom. The van der Waals surface area contributed by atoms with Crippen LogP contribution in [0.4, 0.5) is 4.39 Å². The van der Waals surface area contributed by atoms with Crippen LogP contribution in [0.25, 0.3) is 0 Å². The summed E-state index contributed by atoms with van der Waals surface area (Å²) in [7, 11) is 0.